The number of hydrogen-bond acceptors (Lipinski definition) is 6. The van der Waals surface area contributed by atoms with E-state index in [1.54, 1.807) is 52.8 Å². The molecular formula is C14H20O6. The van der Waals surface area contributed by atoms with Crippen LogP contribution in [0.1, 0.15) is 45.0 Å². The Morgan fingerprint density at radius 3 is 2.40 bits per heavy atom. The van der Waals surface area contributed by atoms with Gasteiger partial charge in [-0.1, -0.05) is 12.1 Å². The van der Waals surface area contributed by atoms with Crippen LogP contribution in [0.5, 0.6) is 5.75 Å². The highest BCUT2D eigenvalue weighted by Crippen LogP contribution is 2.20. The number of carbonyl (C=O) groups is 1. The van der Waals surface area contributed by atoms with Gasteiger partial charge in [0.05, 0.1) is 11.7 Å². The Kier molecular flexibility index (Phi) is 5.94. The van der Waals surface area contributed by atoms with Crippen LogP contribution >= 0.6 is 0 Å². The molecule has 0 saturated carbocycles. The van der Waals surface area contributed by atoms with E-state index in [0.717, 1.165) is 0 Å². The molecule has 0 amide bonds. The van der Waals surface area contributed by atoms with Gasteiger partial charge in [-0.3, -0.25) is 4.89 Å². The molecule has 6 heteroatoms. The van der Waals surface area contributed by atoms with E-state index in [9.17, 15) is 4.79 Å². The molecule has 0 N–H and O–H groups in total. The molecule has 20 heavy (non-hydrogen) atoms. The molecule has 1 aromatic carbocycles. The van der Waals surface area contributed by atoms with Crippen molar-refractivity contribution < 1.29 is 29.4 Å². The van der Waals surface area contributed by atoms with Crippen molar-refractivity contribution in [3.8, 4) is 5.75 Å². The van der Waals surface area contributed by atoms with Crippen LogP contribution in [0.15, 0.2) is 24.3 Å². The lowest BCUT2D eigenvalue weighted by Gasteiger charge is -2.15. The third-order valence-electron chi connectivity index (χ3n) is 1.83. The van der Waals surface area contributed by atoms with E-state index in [0.29, 0.717) is 0 Å². The summed E-state index contributed by atoms with van der Waals surface area (Å²) in [4.78, 5) is 31.3. The molecular weight excluding hydrogens is 264 g/mol. The molecule has 0 aliphatic rings. The first-order valence-electron chi connectivity index (χ1n) is 6.28. The van der Waals surface area contributed by atoms with Gasteiger partial charge in [0.15, 0.2) is 5.75 Å². The molecule has 0 unspecified atom stereocenters. The number of para-hydroxylation sites is 1. The van der Waals surface area contributed by atoms with Crippen molar-refractivity contribution in [2.75, 3.05) is 0 Å². The Hall–Kier alpha value is -1.63. The quantitative estimate of drug-likeness (QED) is 0.590. The van der Waals surface area contributed by atoms with Gasteiger partial charge in [0.2, 0.25) is 0 Å². The maximum atomic E-state index is 11.8. The summed E-state index contributed by atoms with van der Waals surface area (Å²) in [6, 6.07) is 6.50. The lowest BCUT2D eigenvalue weighted by Crippen LogP contribution is -2.21. The van der Waals surface area contributed by atoms with Gasteiger partial charge in [-0.15, -0.1) is 0 Å². The third-order valence-corrected chi connectivity index (χ3v) is 1.83. The van der Waals surface area contributed by atoms with Crippen molar-refractivity contribution in [1.29, 1.82) is 0 Å². The van der Waals surface area contributed by atoms with Crippen molar-refractivity contribution in [2.45, 2.75) is 46.3 Å². The van der Waals surface area contributed by atoms with Crippen LogP contribution in [0, 0.1) is 0 Å². The van der Waals surface area contributed by atoms with Crippen LogP contribution in [-0.2, 0) is 19.7 Å². The fourth-order valence-corrected chi connectivity index (χ4v) is 1.05. The molecule has 6 nitrogen and oxygen atoms in total. The van der Waals surface area contributed by atoms with Gasteiger partial charge in [0, 0.05) is 0 Å². The highest BCUT2D eigenvalue weighted by Gasteiger charge is 2.19. The van der Waals surface area contributed by atoms with Crippen molar-refractivity contribution in [2.24, 2.45) is 0 Å². The smallest absolute Gasteiger partial charge is 0.336 e. The van der Waals surface area contributed by atoms with Gasteiger partial charge in [-0.05, 0) is 51.8 Å². The Labute approximate surface area is 118 Å². The second-order valence-corrected chi connectivity index (χ2v) is 5.36. The highest BCUT2D eigenvalue weighted by molar-refractivity contribution is 5.92. The van der Waals surface area contributed by atoms with Gasteiger partial charge in [0.25, 0.3) is 0 Å². The molecule has 0 fully saturated rings. The van der Waals surface area contributed by atoms with Crippen LogP contribution in [0.3, 0.4) is 0 Å². The highest BCUT2D eigenvalue weighted by atomic mass is 17.5. The lowest BCUT2D eigenvalue weighted by molar-refractivity contribution is -0.510. The monoisotopic (exact) mass is 284 g/mol. The first kappa shape index (κ1) is 16.4. The molecule has 112 valence electrons. The molecule has 0 atom stereocenters. The Morgan fingerprint density at radius 1 is 1.15 bits per heavy atom. The van der Waals surface area contributed by atoms with Crippen LogP contribution < -0.4 is 4.89 Å². The van der Waals surface area contributed by atoms with Crippen LogP contribution in [0.2, 0.25) is 0 Å². The summed E-state index contributed by atoms with van der Waals surface area (Å²) in [5.41, 5.74) is -0.414. The van der Waals surface area contributed by atoms with Crippen molar-refractivity contribution in [1.82, 2.24) is 0 Å². The summed E-state index contributed by atoms with van der Waals surface area (Å²) in [6.45, 7) is 8.89. The zero-order valence-electron chi connectivity index (χ0n) is 12.3. The second-order valence-electron chi connectivity index (χ2n) is 5.36. The fraction of sp³-hybridized carbons (Fsp3) is 0.500. The summed E-state index contributed by atoms with van der Waals surface area (Å²) >= 11 is 0. The number of hydrogen-bond donors (Lipinski definition) is 0. The molecule has 0 heterocycles. The Balaban J connectivity index is 2.63. The number of carbonyl (C=O) groups excluding carboxylic acids is 1. The lowest BCUT2D eigenvalue weighted by atomic mass is 10.2. The summed E-state index contributed by atoms with van der Waals surface area (Å²) < 4.78 is 0. The van der Waals surface area contributed by atoms with Gasteiger partial charge >= 0.3 is 5.97 Å². The molecule has 0 bridgehead atoms. The molecule has 0 spiro atoms. The number of benzene rings is 1. The molecule has 1 rings (SSSR count). The predicted octanol–water partition coefficient (Wildman–Crippen LogP) is 3.22. The van der Waals surface area contributed by atoms with E-state index in [-0.39, 0.29) is 17.4 Å². The van der Waals surface area contributed by atoms with Crippen LogP contribution in [0.4, 0.5) is 0 Å². The van der Waals surface area contributed by atoms with E-state index < -0.39 is 11.6 Å². The normalized spacial score (nSPS) is 11.5. The molecule has 0 saturated heterocycles. The Bertz CT molecular complexity index is 436. The SMILES string of the molecule is CC(C)OOc1ccccc1C(=O)OOOC(C)(C)C. The summed E-state index contributed by atoms with van der Waals surface area (Å²) in [6.07, 6.45) is -0.139. The topological polar surface area (TPSA) is 63.2 Å². The molecule has 0 aliphatic heterocycles. The van der Waals surface area contributed by atoms with Crippen LogP contribution in [0.25, 0.3) is 0 Å². The van der Waals surface area contributed by atoms with E-state index in [4.69, 9.17) is 14.7 Å². The van der Waals surface area contributed by atoms with Crippen LogP contribution in [-0.4, -0.2) is 17.7 Å². The molecule has 0 aromatic heterocycles. The number of rotatable bonds is 6. The first-order chi connectivity index (χ1) is 9.29. The summed E-state index contributed by atoms with van der Waals surface area (Å²) in [5.74, 6) is -0.497. The standard InChI is InChI=1S/C14H20O6/c1-10(2)16-17-12-9-7-6-8-11(12)13(15)18-20-19-14(3,4)5/h6-10H,1-5H3. The average molecular weight is 284 g/mol. The minimum Gasteiger partial charge on any atom is -0.336 e. The van der Waals surface area contributed by atoms with Gasteiger partial charge in [-0.2, -0.15) is 9.78 Å². The van der Waals surface area contributed by atoms with Gasteiger partial charge in [-0.25, -0.2) is 4.79 Å². The van der Waals surface area contributed by atoms with E-state index in [2.05, 4.69) is 9.93 Å². The van der Waals surface area contributed by atoms with Crippen molar-refractivity contribution >= 4 is 5.97 Å². The van der Waals surface area contributed by atoms with Gasteiger partial charge in [0.1, 0.15) is 5.56 Å². The summed E-state index contributed by atoms with van der Waals surface area (Å²) in [5, 5.41) is 4.45. The average Bonchev–Trinajstić information content (AvgIpc) is 2.35. The first-order valence-corrected chi connectivity index (χ1v) is 6.28. The predicted molar refractivity (Wildman–Crippen MR) is 70.6 cm³/mol. The molecule has 0 radical (unpaired) electrons. The van der Waals surface area contributed by atoms with Crippen molar-refractivity contribution in [3.63, 3.8) is 0 Å². The van der Waals surface area contributed by atoms with E-state index in [1.807, 2.05) is 0 Å². The zero-order chi connectivity index (χ0) is 15.2. The minimum absolute atomic E-state index is 0.139. The maximum absolute atomic E-state index is 11.8. The van der Waals surface area contributed by atoms with Gasteiger partial charge < -0.3 is 4.89 Å². The zero-order valence-corrected chi connectivity index (χ0v) is 12.3. The minimum atomic E-state index is -0.739. The third kappa shape index (κ3) is 6.01. The van der Waals surface area contributed by atoms with Crippen molar-refractivity contribution in [3.05, 3.63) is 29.8 Å². The largest absolute Gasteiger partial charge is 0.380 e. The maximum Gasteiger partial charge on any atom is 0.380 e. The van der Waals surface area contributed by atoms with E-state index >= 15 is 0 Å². The molecule has 0 aliphatic carbocycles. The molecule has 1 aromatic rings. The Morgan fingerprint density at radius 2 is 1.80 bits per heavy atom. The second kappa shape index (κ2) is 7.23. The van der Waals surface area contributed by atoms with E-state index in [1.165, 1.54) is 6.07 Å². The fourth-order valence-electron chi connectivity index (χ4n) is 1.05. The summed E-state index contributed by atoms with van der Waals surface area (Å²) in [7, 11) is 0.